The average molecular weight is 239 g/mol. The van der Waals surface area contributed by atoms with Crippen molar-refractivity contribution in [1.82, 2.24) is 4.57 Å². The van der Waals surface area contributed by atoms with Crippen LogP contribution in [0.1, 0.15) is 5.56 Å². The molecular weight excluding hydrogens is 224 g/mol. The van der Waals surface area contributed by atoms with Crippen molar-refractivity contribution in [1.29, 1.82) is 0 Å². The number of fused-ring (bicyclic) bond motifs is 6. The van der Waals surface area contributed by atoms with E-state index in [4.69, 9.17) is 0 Å². The number of anilines is 1. The summed E-state index contributed by atoms with van der Waals surface area (Å²) in [6, 6.07) is 6.50. The fourth-order valence-electron chi connectivity index (χ4n) is 2.97. The van der Waals surface area contributed by atoms with Crippen LogP contribution in [0.4, 0.5) is 5.69 Å². The standard InChI is InChI=1S/C14H15N4/c1-10-4-3-5-11-12(10)13-16(2)8-9-18(13)14-15-6-7-17(11)14/h3-5,8-9H,6-7H2,1-2H3/q+1. The van der Waals surface area contributed by atoms with Gasteiger partial charge in [-0.25, -0.2) is 9.56 Å². The van der Waals surface area contributed by atoms with Crippen molar-refractivity contribution in [3.63, 3.8) is 0 Å². The second-order valence-electron chi connectivity index (χ2n) is 4.91. The highest BCUT2D eigenvalue weighted by Gasteiger charge is 2.38. The van der Waals surface area contributed by atoms with Crippen molar-refractivity contribution in [3.05, 3.63) is 36.2 Å². The molecule has 0 N–H and O–H groups in total. The number of aromatic nitrogens is 2. The third-order valence-corrected chi connectivity index (χ3v) is 3.80. The van der Waals surface area contributed by atoms with Gasteiger partial charge in [0.25, 0.3) is 5.82 Å². The first-order chi connectivity index (χ1) is 8.77. The predicted molar refractivity (Wildman–Crippen MR) is 70.8 cm³/mol. The van der Waals surface area contributed by atoms with Gasteiger partial charge < -0.3 is 0 Å². The molecule has 0 amide bonds. The summed E-state index contributed by atoms with van der Waals surface area (Å²) >= 11 is 0. The molecule has 0 saturated carbocycles. The number of aliphatic imine (C=N–C) groups is 1. The Morgan fingerprint density at radius 3 is 3.11 bits per heavy atom. The van der Waals surface area contributed by atoms with Crippen LogP contribution in [-0.2, 0) is 7.05 Å². The van der Waals surface area contributed by atoms with Crippen molar-refractivity contribution in [2.45, 2.75) is 6.92 Å². The smallest absolute Gasteiger partial charge is 0.290 e. The van der Waals surface area contributed by atoms with Gasteiger partial charge >= 0.3 is 5.96 Å². The summed E-state index contributed by atoms with van der Waals surface area (Å²) in [5.74, 6) is 2.28. The number of nitrogens with zero attached hydrogens (tertiary/aromatic N) is 4. The van der Waals surface area contributed by atoms with Crippen LogP contribution in [0, 0.1) is 6.92 Å². The van der Waals surface area contributed by atoms with Gasteiger partial charge in [0, 0.05) is 6.54 Å². The molecular formula is C14H15N4+. The van der Waals surface area contributed by atoms with E-state index in [0.717, 1.165) is 19.0 Å². The Hall–Kier alpha value is -2.10. The monoisotopic (exact) mass is 239 g/mol. The van der Waals surface area contributed by atoms with Crippen molar-refractivity contribution in [3.8, 4) is 11.4 Å². The molecule has 2 aliphatic heterocycles. The van der Waals surface area contributed by atoms with Crippen molar-refractivity contribution in [2.75, 3.05) is 18.0 Å². The fraction of sp³-hybridized carbons (Fsp3) is 0.286. The van der Waals surface area contributed by atoms with Gasteiger partial charge in [0.05, 0.1) is 24.8 Å². The minimum atomic E-state index is 0.879. The molecule has 0 bridgehead atoms. The van der Waals surface area contributed by atoms with Crippen LogP contribution in [-0.4, -0.2) is 23.6 Å². The molecule has 3 heterocycles. The molecule has 1 aromatic heterocycles. The summed E-state index contributed by atoms with van der Waals surface area (Å²) < 4.78 is 4.37. The Labute approximate surface area is 106 Å². The van der Waals surface area contributed by atoms with E-state index in [1.807, 2.05) is 0 Å². The molecule has 2 aliphatic rings. The highest BCUT2D eigenvalue weighted by molar-refractivity contribution is 6.07. The zero-order chi connectivity index (χ0) is 12.3. The Kier molecular flexibility index (Phi) is 1.77. The summed E-state index contributed by atoms with van der Waals surface area (Å²) in [5.41, 5.74) is 3.92. The SMILES string of the molecule is Cc1cccc2c1-c1n(cc[n+]1C)C1=NCCN12. The maximum atomic E-state index is 4.63. The van der Waals surface area contributed by atoms with Crippen molar-refractivity contribution in [2.24, 2.45) is 12.0 Å². The first-order valence-electron chi connectivity index (χ1n) is 6.27. The minimum Gasteiger partial charge on any atom is -0.290 e. The molecule has 4 nitrogen and oxygen atoms in total. The number of hydrogen-bond acceptors (Lipinski definition) is 2. The summed E-state index contributed by atoms with van der Waals surface area (Å²) in [6.45, 7) is 4.03. The van der Waals surface area contributed by atoms with E-state index < -0.39 is 0 Å². The molecule has 18 heavy (non-hydrogen) atoms. The quantitative estimate of drug-likeness (QED) is 0.636. The summed E-state index contributed by atoms with van der Waals surface area (Å²) in [4.78, 5) is 6.95. The van der Waals surface area contributed by atoms with Crippen LogP contribution in [0.25, 0.3) is 11.4 Å². The van der Waals surface area contributed by atoms with E-state index in [-0.39, 0.29) is 0 Å². The highest BCUT2D eigenvalue weighted by Crippen LogP contribution is 2.37. The zero-order valence-electron chi connectivity index (χ0n) is 10.6. The Balaban J connectivity index is 2.14. The number of benzene rings is 1. The maximum Gasteiger partial charge on any atom is 0.302 e. The van der Waals surface area contributed by atoms with Gasteiger partial charge in [-0.3, -0.25) is 4.90 Å². The molecule has 2 aromatic rings. The van der Waals surface area contributed by atoms with Crippen LogP contribution in [0.5, 0.6) is 0 Å². The lowest BCUT2D eigenvalue weighted by atomic mass is 10.0. The van der Waals surface area contributed by atoms with Gasteiger partial charge in [0.2, 0.25) is 0 Å². The Bertz CT molecular complexity index is 681. The van der Waals surface area contributed by atoms with Gasteiger partial charge in [-0.05, 0) is 18.6 Å². The average Bonchev–Trinajstić information content (AvgIpc) is 2.96. The molecule has 4 heteroatoms. The first kappa shape index (κ1) is 9.88. The van der Waals surface area contributed by atoms with Crippen molar-refractivity contribution < 1.29 is 4.57 Å². The number of hydrogen-bond donors (Lipinski definition) is 0. The molecule has 1 aromatic carbocycles. The van der Waals surface area contributed by atoms with E-state index in [1.54, 1.807) is 0 Å². The van der Waals surface area contributed by atoms with Gasteiger partial charge in [-0.15, -0.1) is 0 Å². The summed E-state index contributed by atoms with van der Waals surface area (Å²) in [5, 5.41) is 0. The predicted octanol–water partition coefficient (Wildman–Crippen LogP) is 1.33. The molecule has 0 saturated heterocycles. The van der Waals surface area contributed by atoms with E-state index in [9.17, 15) is 0 Å². The van der Waals surface area contributed by atoms with Crippen LogP contribution in [0.15, 0.2) is 35.6 Å². The van der Waals surface area contributed by atoms with Gasteiger partial charge in [-0.2, -0.15) is 4.57 Å². The fourth-order valence-corrected chi connectivity index (χ4v) is 2.97. The van der Waals surface area contributed by atoms with Crippen LogP contribution >= 0.6 is 0 Å². The molecule has 0 aliphatic carbocycles. The molecule has 0 spiro atoms. The third kappa shape index (κ3) is 1.05. The molecule has 4 rings (SSSR count). The van der Waals surface area contributed by atoms with E-state index in [1.165, 1.54) is 22.6 Å². The molecule has 0 unspecified atom stereocenters. The summed E-state index contributed by atoms with van der Waals surface area (Å²) in [7, 11) is 2.09. The number of rotatable bonds is 0. The minimum absolute atomic E-state index is 0.879. The Morgan fingerprint density at radius 1 is 1.33 bits per heavy atom. The number of imidazole rings is 1. The largest absolute Gasteiger partial charge is 0.302 e. The molecule has 0 radical (unpaired) electrons. The van der Waals surface area contributed by atoms with Crippen LogP contribution < -0.4 is 9.47 Å². The van der Waals surface area contributed by atoms with Crippen molar-refractivity contribution >= 4 is 11.6 Å². The second kappa shape index (κ2) is 3.22. The van der Waals surface area contributed by atoms with Gasteiger partial charge in [0.1, 0.15) is 12.4 Å². The van der Waals surface area contributed by atoms with E-state index >= 15 is 0 Å². The lowest BCUT2D eigenvalue weighted by molar-refractivity contribution is -0.659. The first-order valence-corrected chi connectivity index (χ1v) is 6.27. The van der Waals surface area contributed by atoms with Crippen LogP contribution in [0.3, 0.4) is 0 Å². The maximum absolute atomic E-state index is 4.63. The van der Waals surface area contributed by atoms with E-state index in [0.29, 0.717) is 0 Å². The van der Waals surface area contributed by atoms with E-state index in [2.05, 4.69) is 63.6 Å². The lowest BCUT2D eigenvalue weighted by Gasteiger charge is -2.25. The lowest BCUT2D eigenvalue weighted by Crippen LogP contribution is -2.40. The summed E-state index contributed by atoms with van der Waals surface area (Å²) in [6.07, 6.45) is 4.19. The molecule has 90 valence electrons. The topological polar surface area (TPSA) is 24.4 Å². The van der Waals surface area contributed by atoms with Crippen LogP contribution in [0.2, 0.25) is 0 Å². The highest BCUT2D eigenvalue weighted by atomic mass is 15.4. The number of aryl methyl sites for hydroxylation is 2. The molecule has 0 atom stereocenters. The van der Waals surface area contributed by atoms with Gasteiger partial charge in [-0.1, -0.05) is 12.1 Å². The van der Waals surface area contributed by atoms with Gasteiger partial charge in [0.15, 0.2) is 0 Å². The zero-order valence-corrected chi connectivity index (χ0v) is 10.6. The second-order valence-corrected chi connectivity index (χ2v) is 4.91. The normalized spacial score (nSPS) is 16.1. The molecule has 0 fully saturated rings. The third-order valence-electron chi connectivity index (χ3n) is 3.80. The Morgan fingerprint density at radius 2 is 2.22 bits per heavy atom.